The molecule has 1 N–H and O–H groups in total. The van der Waals surface area contributed by atoms with E-state index in [4.69, 9.17) is 4.74 Å². The molecule has 0 aliphatic heterocycles. The summed E-state index contributed by atoms with van der Waals surface area (Å²) in [6, 6.07) is 3.70. The van der Waals surface area contributed by atoms with Crippen molar-refractivity contribution >= 4 is 0 Å². The van der Waals surface area contributed by atoms with Crippen molar-refractivity contribution in [3.05, 3.63) is 42.1 Å². The first-order valence-electron chi connectivity index (χ1n) is 5.34. The van der Waals surface area contributed by atoms with Gasteiger partial charge in [0.05, 0.1) is 5.69 Å². The van der Waals surface area contributed by atoms with Crippen LogP contribution in [0.5, 0.6) is 11.6 Å². The summed E-state index contributed by atoms with van der Waals surface area (Å²) in [5, 5.41) is 3.05. The second kappa shape index (κ2) is 5.36. The molecule has 0 saturated heterocycles. The molecule has 5 nitrogen and oxygen atoms in total. The fraction of sp³-hybridized carbons (Fsp3) is 0.250. The molecule has 2 rings (SSSR count). The SMILES string of the molecule is CNCc1cncnc1Oc1cccnc1C. The molecular formula is C12H14N4O. The van der Waals surface area contributed by atoms with Crippen LogP contribution in [0.25, 0.3) is 0 Å². The predicted octanol–water partition coefficient (Wildman–Crippen LogP) is 1.69. The monoisotopic (exact) mass is 230 g/mol. The Kier molecular flexibility index (Phi) is 3.62. The second-order valence-electron chi connectivity index (χ2n) is 3.57. The zero-order valence-corrected chi connectivity index (χ0v) is 9.84. The normalized spacial score (nSPS) is 10.2. The van der Waals surface area contributed by atoms with E-state index in [-0.39, 0.29) is 0 Å². The molecule has 2 aromatic rings. The van der Waals surface area contributed by atoms with Gasteiger partial charge in [-0.1, -0.05) is 0 Å². The Labute approximate surface area is 99.9 Å². The van der Waals surface area contributed by atoms with Gasteiger partial charge in [0.2, 0.25) is 5.88 Å². The zero-order valence-electron chi connectivity index (χ0n) is 9.84. The summed E-state index contributed by atoms with van der Waals surface area (Å²) in [5.74, 6) is 1.27. The lowest BCUT2D eigenvalue weighted by molar-refractivity contribution is 0.446. The maximum absolute atomic E-state index is 5.74. The van der Waals surface area contributed by atoms with E-state index in [1.165, 1.54) is 6.33 Å². The minimum Gasteiger partial charge on any atom is -0.437 e. The lowest BCUT2D eigenvalue weighted by Gasteiger charge is -2.10. The molecule has 0 amide bonds. The van der Waals surface area contributed by atoms with Gasteiger partial charge >= 0.3 is 0 Å². The van der Waals surface area contributed by atoms with Crippen molar-refractivity contribution < 1.29 is 4.74 Å². The number of ether oxygens (including phenoxy) is 1. The maximum Gasteiger partial charge on any atom is 0.226 e. The van der Waals surface area contributed by atoms with Crippen LogP contribution in [-0.2, 0) is 6.54 Å². The summed E-state index contributed by atoms with van der Waals surface area (Å²) in [5.41, 5.74) is 1.75. The average Bonchev–Trinajstić information content (AvgIpc) is 2.35. The van der Waals surface area contributed by atoms with E-state index in [1.807, 2.05) is 26.1 Å². The number of nitrogens with one attached hydrogen (secondary N) is 1. The van der Waals surface area contributed by atoms with Crippen LogP contribution in [0.4, 0.5) is 0 Å². The van der Waals surface area contributed by atoms with E-state index < -0.39 is 0 Å². The fourth-order valence-corrected chi connectivity index (χ4v) is 1.43. The Morgan fingerprint density at radius 1 is 1.35 bits per heavy atom. The van der Waals surface area contributed by atoms with Crippen LogP contribution in [0.1, 0.15) is 11.3 Å². The molecule has 0 aliphatic carbocycles. The van der Waals surface area contributed by atoms with E-state index in [9.17, 15) is 0 Å². The third-order valence-corrected chi connectivity index (χ3v) is 2.28. The third kappa shape index (κ3) is 2.76. The number of nitrogens with zero attached hydrogens (tertiary/aromatic N) is 3. The third-order valence-electron chi connectivity index (χ3n) is 2.28. The van der Waals surface area contributed by atoms with Crippen molar-refractivity contribution in [2.75, 3.05) is 7.05 Å². The predicted molar refractivity (Wildman–Crippen MR) is 63.8 cm³/mol. The van der Waals surface area contributed by atoms with Gasteiger partial charge in [0.25, 0.3) is 0 Å². The molecule has 17 heavy (non-hydrogen) atoms. The molecule has 0 spiro atoms. The number of rotatable bonds is 4. The smallest absolute Gasteiger partial charge is 0.226 e. The molecule has 0 atom stereocenters. The molecule has 2 heterocycles. The van der Waals surface area contributed by atoms with E-state index >= 15 is 0 Å². The van der Waals surface area contributed by atoms with E-state index in [2.05, 4.69) is 20.3 Å². The first kappa shape index (κ1) is 11.5. The van der Waals surface area contributed by atoms with Gasteiger partial charge in [-0.25, -0.2) is 9.97 Å². The largest absolute Gasteiger partial charge is 0.437 e. The quantitative estimate of drug-likeness (QED) is 0.866. The van der Waals surface area contributed by atoms with Crippen LogP contribution in [0.3, 0.4) is 0 Å². The van der Waals surface area contributed by atoms with Gasteiger partial charge in [0.15, 0.2) is 5.75 Å². The Hall–Kier alpha value is -2.01. The number of aryl methyl sites for hydroxylation is 1. The van der Waals surface area contributed by atoms with E-state index in [1.54, 1.807) is 12.4 Å². The number of pyridine rings is 1. The molecule has 0 aromatic carbocycles. The van der Waals surface area contributed by atoms with Crippen molar-refractivity contribution in [3.63, 3.8) is 0 Å². The van der Waals surface area contributed by atoms with Crippen molar-refractivity contribution in [2.45, 2.75) is 13.5 Å². The highest BCUT2D eigenvalue weighted by molar-refractivity contribution is 5.32. The molecule has 0 fully saturated rings. The standard InChI is InChI=1S/C12H14N4O/c1-9-11(4-3-5-15-9)17-12-10(6-13-2)7-14-8-16-12/h3-5,7-8,13H,6H2,1-2H3. The first-order chi connectivity index (χ1) is 8.31. The molecule has 0 bridgehead atoms. The molecule has 0 unspecified atom stereocenters. The second-order valence-corrected chi connectivity index (χ2v) is 3.57. The molecule has 0 saturated carbocycles. The Morgan fingerprint density at radius 3 is 3.00 bits per heavy atom. The van der Waals surface area contributed by atoms with Crippen molar-refractivity contribution in [2.24, 2.45) is 0 Å². The highest BCUT2D eigenvalue weighted by Gasteiger charge is 2.07. The van der Waals surface area contributed by atoms with Crippen LogP contribution in [0.15, 0.2) is 30.9 Å². The van der Waals surface area contributed by atoms with Crippen molar-refractivity contribution in [1.82, 2.24) is 20.3 Å². The fourth-order valence-electron chi connectivity index (χ4n) is 1.43. The molecular weight excluding hydrogens is 216 g/mol. The highest BCUT2D eigenvalue weighted by atomic mass is 16.5. The van der Waals surface area contributed by atoms with E-state index in [0.717, 1.165) is 11.3 Å². The molecule has 0 radical (unpaired) electrons. The van der Waals surface area contributed by atoms with Crippen LogP contribution >= 0.6 is 0 Å². The molecule has 5 heteroatoms. The minimum atomic E-state index is 0.561. The average molecular weight is 230 g/mol. The van der Waals surface area contributed by atoms with Gasteiger partial charge in [-0.3, -0.25) is 4.98 Å². The summed E-state index contributed by atoms with van der Waals surface area (Å²) in [6.45, 7) is 2.56. The topological polar surface area (TPSA) is 59.9 Å². The van der Waals surface area contributed by atoms with Gasteiger partial charge in [0, 0.05) is 24.5 Å². The summed E-state index contributed by atoms with van der Waals surface area (Å²) in [7, 11) is 1.87. The van der Waals surface area contributed by atoms with Gasteiger partial charge in [0.1, 0.15) is 6.33 Å². The zero-order chi connectivity index (χ0) is 12.1. The summed E-state index contributed by atoms with van der Waals surface area (Å²) < 4.78 is 5.74. The first-order valence-corrected chi connectivity index (χ1v) is 5.34. The minimum absolute atomic E-state index is 0.561. The Balaban J connectivity index is 2.27. The number of aromatic nitrogens is 3. The van der Waals surface area contributed by atoms with Crippen LogP contribution < -0.4 is 10.1 Å². The summed E-state index contributed by atoms with van der Waals surface area (Å²) >= 11 is 0. The van der Waals surface area contributed by atoms with Gasteiger partial charge < -0.3 is 10.1 Å². The maximum atomic E-state index is 5.74. The van der Waals surface area contributed by atoms with Gasteiger partial charge in [-0.2, -0.15) is 0 Å². The van der Waals surface area contributed by atoms with E-state index in [0.29, 0.717) is 18.2 Å². The van der Waals surface area contributed by atoms with Crippen LogP contribution in [0.2, 0.25) is 0 Å². The lowest BCUT2D eigenvalue weighted by Crippen LogP contribution is -2.08. The summed E-state index contributed by atoms with van der Waals surface area (Å²) in [4.78, 5) is 12.3. The lowest BCUT2D eigenvalue weighted by atomic mass is 10.3. The summed E-state index contributed by atoms with van der Waals surface area (Å²) in [6.07, 6.45) is 4.95. The van der Waals surface area contributed by atoms with Crippen molar-refractivity contribution in [3.8, 4) is 11.6 Å². The van der Waals surface area contributed by atoms with Crippen molar-refractivity contribution in [1.29, 1.82) is 0 Å². The van der Waals surface area contributed by atoms with Gasteiger partial charge in [-0.15, -0.1) is 0 Å². The molecule has 0 aliphatic rings. The van der Waals surface area contributed by atoms with Crippen LogP contribution in [0, 0.1) is 6.92 Å². The molecule has 88 valence electrons. The van der Waals surface area contributed by atoms with Crippen LogP contribution in [-0.4, -0.2) is 22.0 Å². The Morgan fingerprint density at radius 2 is 2.24 bits per heavy atom. The highest BCUT2D eigenvalue weighted by Crippen LogP contribution is 2.23. The number of hydrogen-bond acceptors (Lipinski definition) is 5. The Bertz CT molecular complexity index is 501. The molecule has 2 aromatic heterocycles. The van der Waals surface area contributed by atoms with Gasteiger partial charge in [-0.05, 0) is 26.1 Å². The number of hydrogen-bond donors (Lipinski definition) is 1.